The molecule has 3 rings (SSSR count). The maximum atomic E-state index is 12.9. The Hall–Kier alpha value is -1.65. The van der Waals surface area contributed by atoms with Crippen molar-refractivity contribution in [3.05, 3.63) is 64.7 Å². The van der Waals surface area contributed by atoms with Crippen molar-refractivity contribution in [2.24, 2.45) is 0 Å². The van der Waals surface area contributed by atoms with Crippen LogP contribution in [0.15, 0.2) is 48.5 Å². The summed E-state index contributed by atoms with van der Waals surface area (Å²) in [5, 5.41) is 1.13. The van der Waals surface area contributed by atoms with Crippen LogP contribution in [-0.2, 0) is 0 Å². The maximum Gasteiger partial charge on any atom is 0.257 e. The van der Waals surface area contributed by atoms with E-state index in [0.29, 0.717) is 16.6 Å². The minimum Gasteiger partial charge on any atom is -0.496 e. The minimum absolute atomic E-state index is 0.0351. The standard InChI is InChI=1S/C19H20ClNO2S/c1-23-17-9-5-3-7-15(17)19(22)21-11-10-18(24-13-12-21)14-6-2-4-8-16(14)20/h2-9,18H,10-13H2,1H3. The van der Waals surface area contributed by atoms with Gasteiger partial charge < -0.3 is 9.64 Å². The van der Waals surface area contributed by atoms with E-state index in [2.05, 4.69) is 6.07 Å². The molecule has 0 N–H and O–H groups in total. The van der Waals surface area contributed by atoms with Crippen molar-refractivity contribution in [3.63, 3.8) is 0 Å². The molecule has 1 unspecified atom stereocenters. The molecule has 1 atom stereocenters. The zero-order valence-electron chi connectivity index (χ0n) is 13.6. The maximum absolute atomic E-state index is 12.9. The Morgan fingerprint density at radius 2 is 1.92 bits per heavy atom. The van der Waals surface area contributed by atoms with Crippen LogP contribution < -0.4 is 4.74 Å². The second-order valence-corrected chi connectivity index (χ2v) is 7.38. The highest BCUT2D eigenvalue weighted by Crippen LogP contribution is 2.38. The number of carbonyl (C=O) groups is 1. The number of nitrogens with zero attached hydrogens (tertiary/aromatic N) is 1. The molecule has 0 aromatic heterocycles. The van der Waals surface area contributed by atoms with E-state index in [0.717, 1.165) is 35.8 Å². The summed E-state index contributed by atoms with van der Waals surface area (Å²) in [5.74, 6) is 1.56. The van der Waals surface area contributed by atoms with Crippen LogP contribution in [0.4, 0.5) is 0 Å². The number of thioether (sulfide) groups is 1. The fourth-order valence-electron chi connectivity index (χ4n) is 2.95. The Balaban J connectivity index is 1.74. The largest absolute Gasteiger partial charge is 0.496 e. The Morgan fingerprint density at radius 1 is 1.17 bits per heavy atom. The van der Waals surface area contributed by atoms with Crippen LogP contribution in [0.2, 0.25) is 5.02 Å². The number of amides is 1. The lowest BCUT2D eigenvalue weighted by Gasteiger charge is -2.21. The number of halogens is 1. The average molecular weight is 362 g/mol. The zero-order valence-corrected chi connectivity index (χ0v) is 15.1. The lowest BCUT2D eigenvalue weighted by atomic mass is 10.1. The number of para-hydroxylation sites is 1. The molecule has 3 nitrogen and oxygen atoms in total. The Kier molecular flexibility index (Phi) is 5.69. The highest BCUT2D eigenvalue weighted by Gasteiger charge is 2.25. The molecular weight excluding hydrogens is 342 g/mol. The summed E-state index contributed by atoms with van der Waals surface area (Å²) in [6.07, 6.45) is 0.898. The van der Waals surface area contributed by atoms with Crippen LogP contribution in [0.5, 0.6) is 5.75 Å². The third-order valence-corrected chi connectivity index (χ3v) is 5.87. The first-order valence-corrected chi connectivity index (χ1v) is 9.41. The summed E-state index contributed by atoms with van der Waals surface area (Å²) in [6.45, 7) is 1.46. The molecule has 1 fully saturated rings. The number of rotatable bonds is 3. The van der Waals surface area contributed by atoms with Crippen LogP contribution in [0, 0.1) is 0 Å². The second-order valence-electron chi connectivity index (χ2n) is 5.66. The molecule has 1 saturated heterocycles. The van der Waals surface area contributed by atoms with Gasteiger partial charge in [0.15, 0.2) is 0 Å². The number of hydrogen-bond acceptors (Lipinski definition) is 3. The van der Waals surface area contributed by atoms with Crippen molar-refractivity contribution in [3.8, 4) is 5.75 Å². The number of benzene rings is 2. The Labute approximate surface area is 151 Å². The van der Waals surface area contributed by atoms with Crippen LogP contribution in [0.25, 0.3) is 0 Å². The molecule has 1 heterocycles. The van der Waals surface area contributed by atoms with Crippen molar-refractivity contribution in [2.75, 3.05) is 26.0 Å². The molecule has 1 aliphatic heterocycles. The Morgan fingerprint density at radius 3 is 2.71 bits per heavy atom. The predicted octanol–water partition coefficient (Wildman–Crippen LogP) is 4.67. The highest BCUT2D eigenvalue weighted by atomic mass is 35.5. The van der Waals surface area contributed by atoms with Gasteiger partial charge in [-0.1, -0.05) is 41.9 Å². The summed E-state index contributed by atoms with van der Waals surface area (Å²) in [5.41, 5.74) is 1.79. The van der Waals surface area contributed by atoms with E-state index in [-0.39, 0.29) is 5.91 Å². The average Bonchev–Trinajstić information content (AvgIpc) is 2.87. The van der Waals surface area contributed by atoms with E-state index < -0.39 is 0 Å². The van der Waals surface area contributed by atoms with Gasteiger partial charge in [0.05, 0.1) is 12.7 Å². The van der Waals surface area contributed by atoms with Gasteiger partial charge in [0, 0.05) is 29.1 Å². The van der Waals surface area contributed by atoms with Crippen LogP contribution in [-0.4, -0.2) is 36.8 Å². The molecule has 24 heavy (non-hydrogen) atoms. The molecular formula is C19H20ClNO2S. The number of methoxy groups -OCH3 is 1. The third kappa shape index (κ3) is 3.70. The number of carbonyl (C=O) groups excluding carboxylic acids is 1. The number of hydrogen-bond donors (Lipinski definition) is 0. The molecule has 1 aliphatic rings. The lowest BCUT2D eigenvalue weighted by molar-refractivity contribution is 0.0763. The van der Waals surface area contributed by atoms with E-state index in [4.69, 9.17) is 16.3 Å². The fourth-order valence-corrected chi connectivity index (χ4v) is 4.55. The SMILES string of the molecule is COc1ccccc1C(=O)N1CCSC(c2ccccc2Cl)CC1. The molecule has 0 aliphatic carbocycles. The molecule has 0 spiro atoms. The predicted molar refractivity (Wildman–Crippen MR) is 100 cm³/mol. The van der Waals surface area contributed by atoms with Crippen molar-refractivity contribution in [2.45, 2.75) is 11.7 Å². The summed E-state index contributed by atoms with van der Waals surface area (Å²) < 4.78 is 5.32. The summed E-state index contributed by atoms with van der Waals surface area (Å²) in [4.78, 5) is 14.8. The molecule has 126 valence electrons. The van der Waals surface area contributed by atoms with E-state index >= 15 is 0 Å². The number of ether oxygens (including phenoxy) is 1. The fraction of sp³-hybridized carbons (Fsp3) is 0.316. The molecule has 2 aromatic carbocycles. The monoisotopic (exact) mass is 361 g/mol. The summed E-state index contributed by atoms with van der Waals surface area (Å²) in [6, 6.07) is 15.4. The van der Waals surface area contributed by atoms with E-state index in [1.165, 1.54) is 0 Å². The summed E-state index contributed by atoms with van der Waals surface area (Å²) >= 11 is 8.20. The van der Waals surface area contributed by atoms with Gasteiger partial charge in [-0.25, -0.2) is 0 Å². The van der Waals surface area contributed by atoms with Gasteiger partial charge in [-0.15, -0.1) is 0 Å². The first kappa shape index (κ1) is 17.2. The molecule has 0 saturated carbocycles. The van der Waals surface area contributed by atoms with Gasteiger partial charge in [0.2, 0.25) is 0 Å². The van der Waals surface area contributed by atoms with Crippen molar-refractivity contribution in [1.82, 2.24) is 4.90 Å². The van der Waals surface area contributed by atoms with Gasteiger partial charge in [-0.3, -0.25) is 4.79 Å². The lowest BCUT2D eigenvalue weighted by Crippen LogP contribution is -2.33. The van der Waals surface area contributed by atoms with Crippen LogP contribution >= 0.6 is 23.4 Å². The normalized spacial score (nSPS) is 18.1. The summed E-state index contributed by atoms with van der Waals surface area (Å²) in [7, 11) is 1.60. The van der Waals surface area contributed by atoms with Crippen molar-refractivity contribution >= 4 is 29.3 Å². The molecule has 1 amide bonds. The van der Waals surface area contributed by atoms with Gasteiger partial charge in [0.25, 0.3) is 5.91 Å². The van der Waals surface area contributed by atoms with Gasteiger partial charge in [-0.05, 0) is 30.2 Å². The topological polar surface area (TPSA) is 29.5 Å². The van der Waals surface area contributed by atoms with E-state index in [9.17, 15) is 4.79 Å². The molecule has 0 bridgehead atoms. The Bertz CT molecular complexity index is 722. The van der Waals surface area contributed by atoms with Crippen molar-refractivity contribution in [1.29, 1.82) is 0 Å². The second kappa shape index (κ2) is 7.95. The van der Waals surface area contributed by atoms with Gasteiger partial charge in [-0.2, -0.15) is 11.8 Å². The molecule has 2 aromatic rings. The van der Waals surface area contributed by atoms with Crippen molar-refractivity contribution < 1.29 is 9.53 Å². The van der Waals surface area contributed by atoms with Crippen LogP contribution in [0.3, 0.4) is 0 Å². The van der Waals surface area contributed by atoms with E-state index in [1.54, 1.807) is 7.11 Å². The smallest absolute Gasteiger partial charge is 0.257 e. The van der Waals surface area contributed by atoms with Gasteiger partial charge >= 0.3 is 0 Å². The van der Waals surface area contributed by atoms with E-state index in [1.807, 2.05) is 59.1 Å². The third-order valence-electron chi connectivity index (χ3n) is 4.22. The first-order chi connectivity index (χ1) is 11.7. The quantitative estimate of drug-likeness (QED) is 0.795. The zero-order chi connectivity index (χ0) is 16.9. The minimum atomic E-state index is 0.0351. The first-order valence-electron chi connectivity index (χ1n) is 7.99. The van der Waals surface area contributed by atoms with Crippen LogP contribution in [0.1, 0.15) is 27.6 Å². The molecule has 0 radical (unpaired) electrons. The highest BCUT2D eigenvalue weighted by molar-refractivity contribution is 7.99. The molecule has 5 heteroatoms. The van der Waals surface area contributed by atoms with Gasteiger partial charge in [0.1, 0.15) is 5.75 Å².